The fourth-order valence-electron chi connectivity index (χ4n) is 2.04. The van der Waals surface area contributed by atoms with Gasteiger partial charge in [0.25, 0.3) is 0 Å². The third-order valence-corrected chi connectivity index (χ3v) is 3.19. The molecule has 0 aliphatic carbocycles. The molecule has 0 radical (unpaired) electrons. The second-order valence-electron chi connectivity index (χ2n) is 4.66. The van der Waals surface area contributed by atoms with Crippen molar-refractivity contribution in [2.75, 3.05) is 6.61 Å². The van der Waals surface area contributed by atoms with Gasteiger partial charge in [-0.05, 0) is 36.6 Å². The Morgan fingerprint density at radius 3 is 2.11 bits per heavy atom. The Morgan fingerprint density at radius 1 is 0.944 bits per heavy atom. The molecule has 0 spiro atoms. The Balaban J connectivity index is 2.14. The van der Waals surface area contributed by atoms with Crippen LogP contribution < -0.4 is 0 Å². The highest BCUT2D eigenvalue weighted by Crippen LogP contribution is 2.22. The van der Waals surface area contributed by atoms with Crippen LogP contribution in [-0.4, -0.2) is 16.8 Å². The van der Waals surface area contributed by atoms with Crippen LogP contribution in [0.2, 0.25) is 0 Å². The van der Waals surface area contributed by atoms with Crippen LogP contribution in [0.1, 0.15) is 22.6 Å². The Kier molecular flexibility index (Phi) is 4.00. The summed E-state index contributed by atoms with van der Waals surface area (Å²) in [6.45, 7) is 2.18. The molecule has 1 atom stereocenters. The first kappa shape index (κ1) is 12.7. The number of hydrogen-bond donors (Lipinski definition) is 2. The number of hydrogen-bond acceptors (Lipinski definition) is 2. The van der Waals surface area contributed by atoms with Crippen LogP contribution in [-0.2, 0) is 6.42 Å². The maximum atomic E-state index is 9.52. The molecule has 0 bridgehead atoms. The van der Waals surface area contributed by atoms with E-state index in [1.807, 2.05) is 12.1 Å². The Hall–Kier alpha value is -1.80. The number of aliphatic hydroxyl groups is 1. The number of benzene rings is 2. The first-order chi connectivity index (χ1) is 8.69. The van der Waals surface area contributed by atoms with Gasteiger partial charge in [-0.3, -0.25) is 0 Å². The Labute approximate surface area is 108 Å². The van der Waals surface area contributed by atoms with E-state index in [1.54, 1.807) is 12.1 Å². The van der Waals surface area contributed by atoms with E-state index in [0.29, 0.717) is 0 Å². The third kappa shape index (κ3) is 3.11. The number of aromatic hydroxyl groups is 1. The molecule has 94 valence electrons. The SMILES string of the molecule is Cc1ccc(C(CO)Cc2ccc(O)cc2)cc1. The van der Waals surface area contributed by atoms with Gasteiger partial charge in [-0.25, -0.2) is 0 Å². The van der Waals surface area contributed by atoms with Crippen molar-refractivity contribution in [1.82, 2.24) is 0 Å². The quantitative estimate of drug-likeness (QED) is 0.865. The molecule has 0 aliphatic rings. The minimum absolute atomic E-state index is 0.107. The van der Waals surface area contributed by atoms with Crippen molar-refractivity contribution in [3.05, 3.63) is 65.2 Å². The summed E-state index contributed by atoms with van der Waals surface area (Å²) in [6, 6.07) is 15.4. The van der Waals surface area contributed by atoms with Crippen LogP contribution in [0.15, 0.2) is 48.5 Å². The van der Waals surface area contributed by atoms with Crippen molar-refractivity contribution < 1.29 is 10.2 Å². The lowest BCUT2D eigenvalue weighted by Crippen LogP contribution is -2.07. The van der Waals surface area contributed by atoms with Crippen molar-refractivity contribution in [1.29, 1.82) is 0 Å². The van der Waals surface area contributed by atoms with Crippen LogP contribution in [0.5, 0.6) is 5.75 Å². The Morgan fingerprint density at radius 2 is 1.56 bits per heavy atom. The minimum Gasteiger partial charge on any atom is -0.508 e. The molecule has 2 N–H and O–H groups in total. The lowest BCUT2D eigenvalue weighted by Gasteiger charge is -2.15. The lowest BCUT2D eigenvalue weighted by molar-refractivity contribution is 0.264. The van der Waals surface area contributed by atoms with Gasteiger partial charge in [0.2, 0.25) is 0 Å². The van der Waals surface area contributed by atoms with Gasteiger partial charge in [0.15, 0.2) is 0 Å². The van der Waals surface area contributed by atoms with Crippen molar-refractivity contribution in [3.8, 4) is 5.75 Å². The highest BCUT2D eigenvalue weighted by Gasteiger charge is 2.11. The van der Waals surface area contributed by atoms with E-state index in [-0.39, 0.29) is 18.3 Å². The van der Waals surface area contributed by atoms with E-state index < -0.39 is 0 Å². The maximum absolute atomic E-state index is 9.52. The van der Waals surface area contributed by atoms with Crippen LogP contribution in [0, 0.1) is 6.92 Å². The molecule has 0 heterocycles. The average molecular weight is 242 g/mol. The third-order valence-electron chi connectivity index (χ3n) is 3.19. The summed E-state index contributed by atoms with van der Waals surface area (Å²) < 4.78 is 0. The molecule has 2 rings (SSSR count). The monoisotopic (exact) mass is 242 g/mol. The van der Waals surface area contributed by atoms with Gasteiger partial charge in [-0.2, -0.15) is 0 Å². The fourth-order valence-corrected chi connectivity index (χ4v) is 2.04. The first-order valence-corrected chi connectivity index (χ1v) is 6.14. The molecule has 1 unspecified atom stereocenters. The van der Waals surface area contributed by atoms with E-state index in [4.69, 9.17) is 0 Å². The summed E-state index contributed by atoms with van der Waals surface area (Å²) in [6.07, 6.45) is 0.778. The number of phenols is 1. The van der Waals surface area contributed by atoms with E-state index in [2.05, 4.69) is 31.2 Å². The molecule has 18 heavy (non-hydrogen) atoms. The second-order valence-corrected chi connectivity index (χ2v) is 4.66. The van der Waals surface area contributed by atoms with E-state index >= 15 is 0 Å². The molecule has 2 aromatic rings. The van der Waals surface area contributed by atoms with E-state index in [1.165, 1.54) is 5.56 Å². The molecule has 0 amide bonds. The predicted octanol–water partition coefficient (Wildman–Crippen LogP) is 3.02. The van der Waals surface area contributed by atoms with Gasteiger partial charge >= 0.3 is 0 Å². The summed E-state index contributed by atoms with van der Waals surface area (Å²) >= 11 is 0. The molecule has 0 fully saturated rings. The molecule has 0 saturated carbocycles. The van der Waals surface area contributed by atoms with Gasteiger partial charge in [-0.15, -0.1) is 0 Å². The highest BCUT2D eigenvalue weighted by atomic mass is 16.3. The predicted molar refractivity (Wildman–Crippen MR) is 72.8 cm³/mol. The topological polar surface area (TPSA) is 40.5 Å². The van der Waals surface area contributed by atoms with Crippen LogP contribution >= 0.6 is 0 Å². The smallest absolute Gasteiger partial charge is 0.115 e. The summed E-state index contributed by atoms with van der Waals surface area (Å²) in [7, 11) is 0. The van der Waals surface area contributed by atoms with Gasteiger partial charge < -0.3 is 10.2 Å². The summed E-state index contributed by atoms with van der Waals surface area (Å²) in [5, 5.41) is 18.8. The molecule has 0 saturated heterocycles. The van der Waals surface area contributed by atoms with Gasteiger partial charge in [0, 0.05) is 5.92 Å². The number of phenolic OH excluding ortho intramolecular Hbond substituents is 1. The summed E-state index contributed by atoms with van der Waals surface area (Å²) in [5.41, 5.74) is 3.49. The maximum Gasteiger partial charge on any atom is 0.115 e. The summed E-state index contributed by atoms with van der Waals surface area (Å²) in [4.78, 5) is 0. The van der Waals surface area contributed by atoms with E-state index in [0.717, 1.165) is 17.5 Å². The fraction of sp³-hybridized carbons (Fsp3) is 0.250. The van der Waals surface area contributed by atoms with Crippen LogP contribution in [0.3, 0.4) is 0 Å². The number of aryl methyl sites for hydroxylation is 1. The molecule has 0 aliphatic heterocycles. The minimum atomic E-state index is 0.107. The zero-order valence-electron chi connectivity index (χ0n) is 10.5. The summed E-state index contributed by atoms with van der Waals surface area (Å²) in [5.74, 6) is 0.379. The molecular formula is C16H18O2. The lowest BCUT2D eigenvalue weighted by atomic mass is 9.92. The van der Waals surface area contributed by atoms with Gasteiger partial charge in [-0.1, -0.05) is 42.0 Å². The van der Waals surface area contributed by atoms with Crippen LogP contribution in [0.4, 0.5) is 0 Å². The standard InChI is InChI=1S/C16H18O2/c1-12-2-6-14(7-3-12)15(11-17)10-13-4-8-16(18)9-5-13/h2-9,15,17-18H,10-11H2,1H3. The largest absolute Gasteiger partial charge is 0.508 e. The zero-order chi connectivity index (χ0) is 13.0. The van der Waals surface area contributed by atoms with Crippen molar-refractivity contribution in [3.63, 3.8) is 0 Å². The average Bonchev–Trinajstić information content (AvgIpc) is 2.39. The second kappa shape index (κ2) is 5.69. The molecule has 2 nitrogen and oxygen atoms in total. The normalized spacial score (nSPS) is 12.3. The number of rotatable bonds is 4. The highest BCUT2D eigenvalue weighted by molar-refractivity contribution is 5.30. The molecule has 2 heteroatoms. The molecule has 2 aromatic carbocycles. The van der Waals surface area contributed by atoms with Crippen molar-refractivity contribution >= 4 is 0 Å². The first-order valence-electron chi connectivity index (χ1n) is 6.14. The zero-order valence-corrected chi connectivity index (χ0v) is 10.5. The van der Waals surface area contributed by atoms with Crippen molar-refractivity contribution in [2.45, 2.75) is 19.3 Å². The Bertz CT molecular complexity index is 486. The molecule has 0 aromatic heterocycles. The van der Waals surface area contributed by atoms with Crippen molar-refractivity contribution in [2.24, 2.45) is 0 Å². The van der Waals surface area contributed by atoms with Gasteiger partial charge in [0.05, 0.1) is 6.61 Å². The van der Waals surface area contributed by atoms with E-state index in [9.17, 15) is 10.2 Å². The number of aliphatic hydroxyl groups excluding tert-OH is 1. The molecular weight excluding hydrogens is 224 g/mol. The van der Waals surface area contributed by atoms with Crippen LogP contribution in [0.25, 0.3) is 0 Å². The van der Waals surface area contributed by atoms with Gasteiger partial charge in [0.1, 0.15) is 5.75 Å².